The van der Waals surface area contributed by atoms with Gasteiger partial charge in [-0.05, 0) is 30.7 Å². The molecule has 2 heterocycles. The molecule has 0 aliphatic heterocycles. The van der Waals surface area contributed by atoms with Crippen molar-refractivity contribution >= 4 is 11.7 Å². The van der Waals surface area contributed by atoms with Gasteiger partial charge in [0.15, 0.2) is 11.5 Å². The zero-order chi connectivity index (χ0) is 15.5. The largest absolute Gasteiger partial charge is 0.467 e. The Hall–Kier alpha value is -3.09. The van der Waals surface area contributed by atoms with Gasteiger partial charge in [0.05, 0.1) is 18.5 Å². The molecule has 3 aromatic rings. The van der Waals surface area contributed by atoms with E-state index in [4.69, 9.17) is 10.2 Å². The summed E-state index contributed by atoms with van der Waals surface area (Å²) >= 11 is 0. The first-order valence-corrected chi connectivity index (χ1v) is 6.74. The van der Waals surface area contributed by atoms with E-state index in [1.807, 2.05) is 31.2 Å². The average Bonchev–Trinajstić information content (AvgIpc) is 3.15. The molecular weight excluding hydrogens is 282 g/mol. The van der Waals surface area contributed by atoms with Crippen molar-refractivity contribution in [3.8, 4) is 5.69 Å². The van der Waals surface area contributed by atoms with Crippen LogP contribution in [0.4, 0.5) is 5.82 Å². The number of aryl methyl sites for hydroxylation is 1. The lowest BCUT2D eigenvalue weighted by atomic mass is 10.2. The van der Waals surface area contributed by atoms with E-state index >= 15 is 0 Å². The van der Waals surface area contributed by atoms with Crippen LogP contribution in [0.5, 0.6) is 0 Å². The van der Waals surface area contributed by atoms with Crippen LogP contribution in [-0.4, -0.2) is 20.9 Å². The Balaban J connectivity index is 1.81. The summed E-state index contributed by atoms with van der Waals surface area (Å²) in [6.07, 6.45) is 1.55. The van der Waals surface area contributed by atoms with Crippen LogP contribution >= 0.6 is 0 Å². The fourth-order valence-corrected chi connectivity index (χ4v) is 2.09. The molecule has 0 atom stereocenters. The van der Waals surface area contributed by atoms with Crippen LogP contribution < -0.4 is 11.1 Å². The van der Waals surface area contributed by atoms with Gasteiger partial charge in [0, 0.05) is 0 Å². The molecule has 1 aromatic carbocycles. The SMILES string of the molecule is Cc1ccccc1-n1nnc(C(=O)NCc2ccco2)c1N. The van der Waals surface area contributed by atoms with E-state index in [0.717, 1.165) is 11.3 Å². The van der Waals surface area contributed by atoms with E-state index in [0.29, 0.717) is 5.76 Å². The third kappa shape index (κ3) is 2.56. The molecule has 0 saturated heterocycles. The first-order chi connectivity index (χ1) is 10.7. The van der Waals surface area contributed by atoms with Crippen LogP contribution in [0.25, 0.3) is 5.69 Å². The first-order valence-electron chi connectivity index (χ1n) is 6.74. The lowest BCUT2D eigenvalue weighted by molar-refractivity contribution is 0.0944. The third-order valence-electron chi connectivity index (χ3n) is 3.27. The Morgan fingerprint density at radius 1 is 1.32 bits per heavy atom. The molecule has 3 N–H and O–H groups in total. The number of furan rings is 1. The number of hydrogen-bond acceptors (Lipinski definition) is 5. The van der Waals surface area contributed by atoms with Crippen molar-refractivity contribution in [1.82, 2.24) is 20.3 Å². The monoisotopic (exact) mass is 297 g/mol. The lowest BCUT2D eigenvalue weighted by Crippen LogP contribution is -2.24. The van der Waals surface area contributed by atoms with Crippen LogP contribution in [0.15, 0.2) is 47.1 Å². The van der Waals surface area contributed by atoms with Crippen LogP contribution in [0.1, 0.15) is 21.8 Å². The summed E-state index contributed by atoms with van der Waals surface area (Å²) in [5.74, 6) is 0.457. The molecule has 0 aliphatic rings. The van der Waals surface area contributed by atoms with Crippen molar-refractivity contribution in [1.29, 1.82) is 0 Å². The van der Waals surface area contributed by atoms with Crippen LogP contribution in [0, 0.1) is 6.92 Å². The molecule has 112 valence electrons. The highest BCUT2D eigenvalue weighted by atomic mass is 16.3. The van der Waals surface area contributed by atoms with Crippen molar-refractivity contribution in [2.45, 2.75) is 13.5 Å². The standard InChI is InChI=1S/C15H15N5O2/c1-10-5-2-3-7-12(10)20-14(16)13(18-19-20)15(21)17-9-11-6-4-8-22-11/h2-8H,9,16H2,1H3,(H,17,21). The number of aromatic nitrogens is 3. The van der Waals surface area contributed by atoms with Gasteiger partial charge in [0.25, 0.3) is 5.91 Å². The Labute approximate surface area is 126 Å². The number of nitrogens with zero attached hydrogens (tertiary/aromatic N) is 3. The molecule has 3 rings (SSSR count). The minimum Gasteiger partial charge on any atom is -0.467 e. The molecule has 0 bridgehead atoms. The molecule has 7 heteroatoms. The van der Waals surface area contributed by atoms with Gasteiger partial charge in [0.1, 0.15) is 5.76 Å². The van der Waals surface area contributed by atoms with Gasteiger partial charge in [-0.15, -0.1) is 5.10 Å². The van der Waals surface area contributed by atoms with E-state index in [9.17, 15) is 4.79 Å². The number of hydrogen-bond donors (Lipinski definition) is 2. The van der Waals surface area contributed by atoms with Gasteiger partial charge in [-0.3, -0.25) is 4.79 Å². The number of nitrogens with two attached hydrogens (primary N) is 1. The van der Waals surface area contributed by atoms with Crippen molar-refractivity contribution in [2.24, 2.45) is 0 Å². The fourth-order valence-electron chi connectivity index (χ4n) is 2.09. The van der Waals surface area contributed by atoms with Gasteiger partial charge >= 0.3 is 0 Å². The second-order valence-electron chi connectivity index (χ2n) is 4.78. The first kappa shape index (κ1) is 13.9. The number of carbonyl (C=O) groups is 1. The molecule has 7 nitrogen and oxygen atoms in total. The van der Waals surface area contributed by atoms with Crippen LogP contribution in [-0.2, 0) is 6.54 Å². The summed E-state index contributed by atoms with van der Waals surface area (Å²) in [5, 5.41) is 10.5. The average molecular weight is 297 g/mol. The second kappa shape index (κ2) is 5.72. The topological polar surface area (TPSA) is 99.0 Å². The normalized spacial score (nSPS) is 10.6. The summed E-state index contributed by atoms with van der Waals surface area (Å²) in [7, 11) is 0. The number of para-hydroxylation sites is 1. The number of anilines is 1. The Kier molecular flexibility index (Phi) is 3.61. The molecular formula is C15H15N5O2. The highest BCUT2D eigenvalue weighted by molar-refractivity contribution is 5.96. The molecule has 0 unspecified atom stereocenters. The Morgan fingerprint density at radius 3 is 2.86 bits per heavy atom. The molecule has 0 aliphatic carbocycles. The van der Waals surface area contributed by atoms with E-state index in [1.165, 1.54) is 4.68 Å². The molecule has 0 spiro atoms. The van der Waals surface area contributed by atoms with Crippen molar-refractivity contribution < 1.29 is 9.21 Å². The highest BCUT2D eigenvalue weighted by Gasteiger charge is 2.19. The molecule has 1 amide bonds. The lowest BCUT2D eigenvalue weighted by Gasteiger charge is -2.06. The van der Waals surface area contributed by atoms with Crippen LogP contribution in [0.2, 0.25) is 0 Å². The number of rotatable bonds is 4. The maximum absolute atomic E-state index is 12.1. The Morgan fingerprint density at radius 2 is 2.14 bits per heavy atom. The highest BCUT2D eigenvalue weighted by Crippen LogP contribution is 2.18. The number of benzene rings is 1. The zero-order valence-electron chi connectivity index (χ0n) is 12.0. The van der Waals surface area contributed by atoms with E-state index in [-0.39, 0.29) is 18.1 Å². The molecule has 0 saturated carbocycles. The van der Waals surface area contributed by atoms with Gasteiger partial charge in [-0.25, -0.2) is 0 Å². The second-order valence-corrected chi connectivity index (χ2v) is 4.78. The van der Waals surface area contributed by atoms with Gasteiger partial charge in [0.2, 0.25) is 0 Å². The smallest absolute Gasteiger partial charge is 0.276 e. The summed E-state index contributed by atoms with van der Waals surface area (Å²) < 4.78 is 6.61. The van der Waals surface area contributed by atoms with E-state index < -0.39 is 5.91 Å². The minimum absolute atomic E-state index is 0.0924. The van der Waals surface area contributed by atoms with E-state index in [2.05, 4.69) is 15.6 Å². The maximum Gasteiger partial charge on any atom is 0.276 e. The number of carbonyl (C=O) groups excluding carboxylic acids is 1. The van der Waals surface area contributed by atoms with Gasteiger partial charge < -0.3 is 15.5 Å². The molecule has 0 fully saturated rings. The minimum atomic E-state index is -0.395. The Bertz CT molecular complexity index is 792. The number of nitrogen functional groups attached to an aromatic ring is 1. The predicted molar refractivity (Wildman–Crippen MR) is 80.4 cm³/mol. The van der Waals surface area contributed by atoms with Gasteiger partial charge in [-0.2, -0.15) is 4.68 Å². The zero-order valence-corrected chi connectivity index (χ0v) is 12.0. The van der Waals surface area contributed by atoms with E-state index in [1.54, 1.807) is 18.4 Å². The van der Waals surface area contributed by atoms with Crippen molar-refractivity contribution in [2.75, 3.05) is 5.73 Å². The van der Waals surface area contributed by atoms with Crippen LogP contribution in [0.3, 0.4) is 0 Å². The molecule has 2 aromatic heterocycles. The summed E-state index contributed by atoms with van der Waals surface area (Å²) in [6, 6.07) is 11.1. The molecule has 22 heavy (non-hydrogen) atoms. The molecule has 0 radical (unpaired) electrons. The predicted octanol–water partition coefficient (Wildman–Crippen LogP) is 1.68. The summed E-state index contributed by atoms with van der Waals surface area (Å²) in [5.41, 5.74) is 7.88. The third-order valence-corrected chi connectivity index (χ3v) is 3.27. The summed E-state index contributed by atoms with van der Waals surface area (Å²) in [6.45, 7) is 2.20. The quantitative estimate of drug-likeness (QED) is 0.763. The number of nitrogens with one attached hydrogen (secondary N) is 1. The van der Waals surface area contributed by atoms with Crippen molar-refractivity contribution in [3.05, 3.63) is 59.7 Å². The van der Waals surface area contributed by atoms with Crippen molar-refractivity contribution in [3.63, 3.8) is 0 Å². The maximum atomic E-state index is 12.1. The van der Waals surface area contributed by atoms with Gasteiger partial charge in [-0.1, -0.05) is 23.4 Å². The fraction of sp³-hybridized carbons (Fsp3) is 0.133. The summed E-state index contributed by atoms with van der Waals surface area (Å²) in [4.78, 5) is 12.1. The number of amides is 1.